The number of fused-ring (bicyclic) bond motifs is 5. The number of carbonyl (C=O) groups excluding carboxylic acids is 2. The second kappa shape index (κ2) is 13.3. The van der Waals surface area contributed by atoms with E-state index in [-0.39, 0.29) is 52.3 Å². The van der Waals surface area contributed by atoms with E-state index < -0.39 is 27.5 Å². The Balaban J connectivity index is 1.18. The van der Waals surface area contributed by atoms with Gasteiger partial charge < -0.3 is 19.7 Å². The Morgan fingerprint density at radius 1 is 1.00 bits per heavy atom. The normalized spacial score (nSPS) is 37.6. The van der Waals surface area contributed by atoms with Crippen molar-refractivity contribution >= 4 is 22.1 Å². The van der Waals surface area contributed by atoms with Crippen LogP contribution in [-0.4, -0.2) is 56.6 Å². The Kier molecular flexibility index (Phi) is 10.2. The number of methoxy groups -OCH3 is 1. The number of ether oxygens (including phenoxy) is 2. The predicted molar refractivity (Wildman–Crippen MR) is 179 cm³/mol. The molecule has 1 amide bonds. The number of carbonyl (C=O) groups is 2. The van der Waals surface area contributed by atoms with Crippen LogP contribution in [0.2, 0.25) is 0 Å². The van der Waals surface area contributed by atoms with Crippen LogP contribution < -0.4 is 4.72 Å². The molecule has 4 saturated carbocycles. The lowest BCUT2D eigenvalue weighted by Crippen LogP contribution is -2.62. The second-order valence-corrected chi connectivity index (χ2v) is 18.0. The molecule has 4 fully saturated rings. The Hall–Kier alpha value is -2.17. The summed E-state index contributed by atoms with van der Waals surface area (Å²) >= 11 is 0. The molecule has 5 rings (SSSR count). The van der Waals surface area contributed by atoms with Crippen LogP contribution in [0.25, 0.3) is 0 Å². The highest BCUT2D eigenvalue weighted by Crippen LogP contribution is 2.69. The molecule has 0 radical (unpaired) electrons. The van der Waals surface area contributed by atoms with E-state index in [9.17, 15) is 28.2 Å². The molecule has 0 heterocycles. The largest absolute Gasteiger partial charge is 0.468 e. The summed E-state index contributed by atoms with van der Waals surface area (Å²) in [5.74, 6) is 2.07. The third-order valence-corrected chi connectivity index (χ3v) is 15.1. The maximum Gasteiger partial charge on any atom is 0.421 e. The van der Waals surface area contributed by atoms with Crippen LogP contribution in [0.1, 0.15) is 105 Å². The van der Waals surface area contributed by atoms with Gasteiger partial charge in [0.25, 0.3) is 10.0 Å². The molecule has 0 bridgehead atoms. The fourth-order valence-electron chi connectivity index (χ4n) is 11.1. The quantitative estimate of drug-likeness (QED) is 0.263. The van der Waals surface area contributed by atoms with Crippen LogP contribution in [0.3, 0.4) is 0 Å². The smallest absolute Gasteiger partial charge is 0.421 e. The van der Waals surface area contributed by atoms with Gasteiger partial charge in [-0.15, -0.1) is 0 Å². The molecule has 4 aliphatic rings. The van der Waals surface area contributed by atoms with Crippen LogP contribution in [0, 0.1) is 52.3 Å². The van der Waals surface area contributed by atoms with Crippen molar-refractivity contribution in [1.29, 1.82) is 0 Å². The molecule has 4 aliphatic carbocycles. The number of hydrogen-bond donors (Lipinski definition) is 3. The van der Waals surface area contributed by atoms with Gasteiger partial charge in [-0.2, -0.15) is 0 Å². The van der Waals surface area contributed by atoms with Gasteiger partial charge in [0.05, 0.1) is 36.2 Å². The molecular weight excluding hydrogens is 618 g/mol. The second-order valence-electron chi connectivity index (χ2n) is 16.3. The molecule has 0 aliphatic heterocycles. The lowest BCUT2D eigenvalue weighted by molar-refractivity contribution is -0.203. The maximum atomic E-state index is 12.9. The van der Waals surface area contributed by atoms with Crippen LogP contribution in [0.5, 0.6) is 0 Å². The fourth-order valence-corrected chi connectivity index (χ4v) is 12.0. The molecular formula is C37H57NO8S. The average molecular weight is 676 g/mol. The summed E-state index contributed by atoms with van der Waals surface area (Å²) in [6.07, 6.45) is 7.09. The molecule has 1 aromatic carbocycles. The van der Waals surface area contributed by atoms with Gasteiger partial charge in [-0.3, -0.25) is 4.79 Å². The molecule has 11 atom stereocenters. The number of nitrogens with one attached hydrogen (secondary N) is 1. The Labute approximate surface area is 281 Å². The third kappa shape index (κ3) is 6.36. The van der Waals surface area contributed by atoms with E-state index in [1.165, 1.54) is 31.4 Å². The number of aliphatic hydroxyl groups excluding tert-OH is 2. The van der Waals surface area contributed by atoms with Gasteiger partial charge in [0.1, 0.15) is 0 Å². The molecule has 3 N–H and O–H groups in total. The number of amides is 1. The highest BCUT2D eigenvalue weighted by Gasteiger charge is 2.64. The molecule has 10 heteroatoms. The topological polar surface area (TPSA) is 139 Å². The molecule has 47 heavy (non-hydrogen) atoms. The first-order chi connectivity index (χ1) is 22.0. The Morgan fingerprint density at radius 2 is 1.64 bits per heavy atom. The molecule has 0 spiro atoms. The number of esters is 1. The van der Waals surface area contributed by atoms with Gasteiger partial charge in [-0.05, 0) is 135 Å². The van der Waals surface area contributed by atoms with Crippen LogP contribution >= 0.6 is 0 Å². The standard InChI is InChI=1S/C37H57NO8S/c1-8-26-30-21-24(39)15-18-37(30,6)29-16-19-36(5)27(13-14-28(36)31(29)32(26)40)22(2)17-20-46-34(42)38-47(43,44)25-11-9-23(10-12-25)35(3,4)33(41)45-7/h9-12,22,24,26-32,39-40H,8,13-21H2,1-7H3,(H,38,42)/t22-,24-,26-,27-,28+,29+,30+,31+,32-,36-,37-/m1/s1. The van der Waals surface area contributed by atoms with Crippen molar-refractivity contribution in [3.05, 3.63) is 29.8 Å². The number of hydrogen-bond acceptors (Lipinski definition) is 8. The number of aliphatic hydroxyl groups is 2. The monoisotopic (exact) mass is 675 g/mol. The van der Waals surface area contributed by atoms with E-state index >= 15 is 0 Å². The van der Waals surface area contributed by atoms with Crippen molar-refractivity contribution in [2.24, 2.45) is 52.3 Å². The highest BCUT2D eigenvalue weighted by atomic mass is 32.2. The van der Waals surface area contributed by atoms with Gasteiger partial charge in [0.15, 0.2) is 0 Å². The van der Waals surface area contributed by atoms with Crippen molar-refractivity contribution in [2.75, 3.05) is 13.7 Å². The number of rotatable bonds is 9. The van der Waals surface area contributed by atoms with E-state index in [1.54, 1.807) is 13.8 Å². The lowest BCUT2D eigenvalue weighted by Gasteiger charge is -2.64. The third-order valence-electron chi connectivity index (χ3n) is 13.8. The zero-order valence-corrected chi connectivity index (χ0v) is 30.1. The van der Waals surface area contributed by atoms with E-state index in [1.807, 2.05) is 4.72 Å². The first kappa shape index (κ1) is 36.1. The van der Waals surface area contributed by atoms with Gasteiger partial charge in [0, 0.05) is 0 Å². The zero-order chi connectivity index (χ0) is 34.5. The van der Waals surface area contributed by atoms with E-state index in [0.717, 1.165) is 51.4 Å². The summed E-state index contributed by atoms with van der Waals surface area (Å²) in [4.78, 5) is 24.6. The summed E-state index contributed by atoms with van der Waals surface area (Å²) in [5.41, 5.74) is -0.104. The van der Waals surface area contributed by atoms with Gasteiger partial charge in [0.2, 0.25) is 0 Å². The SMILES string of the molecule is CC[C@H]1[C@@H](O)[C@@H]2[C@H](CC[C@]3(C)[C@@H]([C@H](C)CCOC(=O)NS(=O)(=O)c4ccc(C(C)(C)C(=O)OC)cc4)CC[C@@H]23)[C@@]2(C)CC[C@@H](O)C[C@@H]12. The number of sulfonamides is 1. The summed E-state index contributed by atoms with van der Waals surface area (Å²) in [7, 11) is -2.86. The van der Waals surface area contributed by atoms with Crippen LogP contribution in [0.4, 0.5) is 4.79 Å². The van der Waals surface area contributed by atoms with Crippen molar-refractivity contribution in [1.82, 2.24) is 4.72 Å². The molecule has 1 aromatic rings. The minimum absolute atomic E-state index is 0.0947. The highest BCUT2D eigenvalue weighted by molar-refractivity contribution is 7.90. The number of benzene rings is 1. The summed E-state index contributed by atoms with van der Waals surface area (Å²) in [6, 6.07) is 5.78. The molecule has 9 nitrogen and oxygen atoms in total. The summed E-state index contributed by atoms with van der Waals surface area (Å²) in [5, 5.41) is 22.5. The van der Waals surface area contributed by atoms with Crippen LogP contribution in [-0.2, 0) is 29.7 Å². The van der Waals surface area contributed by atoms with Crippen molar-refractivity contribution in [3.63, 3.8) is 0 Å². The molecule has 0 unspecified atom stereocenters. The molecule has 264 valence electrons. The molecule has 0 saturated heterocycles. The summed E-state index contributed by atoms with van der Waals surface area (Å²) in [6.45, 7) is 12.8. The van der Waals surface area contributed by atoms with E-state index in [0.29, 0.717) is 35.7 Å². The average Bonchev–Trinajstić information content (AvgIpc) is 3.38. The van der Waals surface area contributed by atoms with Crippen molar-refractivity contribution in [3.8, 4) is 0 Å². The van der Waals surface area contributed by atoms with Gasteiger partial charge in [-0.1, -0.05) is 46.2 Å². The van der Waals surface area contributed by atoms with Gasteiger partial charge >= 0.3 is 12.1 Å². The first-order valence-electron chi connectivity index (χ1n) is 17.8. The minimum Gasteiger partial charge on any atom is -0.468 e. The lowest BCUT2D eigenvalue weighted by atomic mass is 9.41. The molecule has 0 aromatic heterocycles. The van der Waals surface area contributed by atoms with Gasteiger partial charge in [-0.25, -0.2) is 17.9 Å². The Morgan fingerprint density at radius 3 is 2.28 bits per heavy atom. The zero-order valence-electron chi connectivity index (χ0n) is 29.3. The summed E-state index contributed by atoms with van der Waals surface area (Å²) < 4.78 is 38.0. The van der Waals surface area contributed by atoms with Crippen LogP contribution in [0.15, 0.2) is 29.2 Å². The Bertz CT molecular complexity index is 1410. The fraction of sp³-hybridized carbons (Fsp3) is 0.784. The van der Waals surface area contributed by atoms with E-state index in [2.05, 4.69) is 27.7 Å². The maximum absolute atomic E-state index is 12.9. The van der Waals surface area contributed by atoms with Crippen molar-refractivity contribution in [2.45, 2.75) is 122 Å². The predicted octanol–water partition coefficient (Wildman–Crippen LogP) is 6.21. The van der Waals surface area contributed by atoms with E-state index in [4.69, 9.17) is 9.47 Å². The van der Waals surface area contributed by atoms with Crippen molar-refractivity contribution < 1.29 is 37.7 Å². The first-order valence-corrected chi connectivity index (χ1v) is 19.2. The minimum atomic E-state index is -4.16.